The van der Waals surface area contributed by atoms with Crippen LogP contribution in [-0.2, 0) is 14.6 Å². The third kappa shape index (κ3) is 5.29. The number of carboxylic acids is 1. The highest BCUT2D eigenvalue weighted by molar-refractivity contribution is 7.90. The molecule has 0 saturated heterocycles. The maximum atomic E-state index is 11.7. The fraction of sp³-hybridized carbons (Fsp3) is 0.636. The summed E-state index contributed by atoms with van der Waals surface area (Å²) in [5, 5.41) is 11.4. The molecule has 2 unspecified atom stereocenters. The van der Waals surface area contributed by atoms with E-state index in [1.54, 1.807) is 12.2 Å². The van der Waals surface area contributed by atoms with Gasteiger partial charge in [-0.3, -0.25) is 4.79 Å². The lowest BCUT2D eigenvalue weighted by Gasteiger charge is -2.20. The average molecular weight is 290 g/mol. The van der Waals surface area contributed by atoms with E-state index < -0.39 is 27.8 Å². The van der Waals surface area contributed by atoms with Crippen LogP contribution in [-0.4, -0.2) is 62.1 Å². The number of carbonyl (C=O) groups is 2. The summed E-state index contributed by atoms with van der Waals surface area (Å²) in [7, 11) is -1.62. The SMILES string of the molecule is CN(CCS(C)(=O)=O)C(=O)NC1C=CC(C(=O)O)C1. The minimum Gasteiger partial charge on any atom is -0.481 e. The van der Waals surface area contributed by atoms with Gasteiger partial charge in [-0.05, 0) is 6.42 Å². The molecule has 0 fully saturated rings. The minimum absolute atomic E-state index is 0.101. The van der Waals surface area contributed by atoms with Crippen LogP contribution in [0.1, 0.15) is 6.42 Å². The largest absolute Gasteiger partial charge is 0.481 e. The van der Waals surface area contributed by atoms with Gasteiger partial charge in [0.05, 0.1) is 17.7 Å². The van der Waals surface area contributed by atoms with Gasteiger partial charge in [0.2, 0.25) is 0 Å². The predicted molar refractivity (Wildman–Crippen MR) is 69.5 cm³/mol. The van der Waals surface area contributed by atoms with E-state index in [2.05, 4.69) is 5.32 Å². The maximum Gasteiger partial charge on any atom is 0.317 e. The molecule has 0 spiro atoms. The molecule has 108 valence electrons. The van der Waals surface area contributed by atoms with Crippen LogP contribution in [0.5, 0.6) is 0 Å². The first-order chi connectivity index (χ1) is 8.69. The number of hydrogen-bond donors (Lipinski definition) is 2. The van der Waals surface area contributed by atoms with E-state index in [1.165, 1.54) is 11.9 Å². The van der Waals surface area contributed by atoms with Gasteiger partial charge in [-0.25, -0.2) is 13.2 Å². The van der Waals surface area contributed by atoms with Crippen LogP contribution >= 0.6 is 0 Å². The van der Waals surface area contributed by atoms with Crippen LogP contribution in [0.4, 0.5) is 4.79 Å². The molecule has 0 heterocycles. The normalized spacial score (nSPS) is 22.2. The maximum absolute atomic E-state index is 11.7. The van der Waals surface area contributed by atoms with Crippen molar-refractivity contribution in [3.05, 3.63) is 12.2 Å². The Bertz CT molecular complexity index is 485. The van der Waals surface area contributed by atoms with Crippen molar-refractivity contribution in [1.82, 2.24) is 10.2 Å². The molecule has 2 N–H and O–H groups in total. The van der Waals surface area contributed by atoms with E-state index in [4.69, 9.17) is 5.11 Å². The van der Waals surface area contributed by atoms with Gasteiger partial charge in [-0.15, -0.1) is 0 Å². The van der Waals surface area contributed by atoms with Crippen LogP contribution in [0.25, 0.3) is 0 Å². The Morgan fingerprint density at radius 2 is 2.05 bits per heavy atom. The van der Waals surface area contributed by atoms with E-state index in [0.29, 0.717) is 6.42 Å². The second kappa shape index (κ2) is 6.05. The molecule has 8 heteroatoms. The number of nitrogens with zero attached hydrogens (tertiary/aromatic N) is 1. The van der Waals surface area contributed by atoms with Crippen molar-refractivity contribution in [1.29, 1.82) is 0 Å². The first-order valence-electron chi connectivity index (χ1n) is 5.79. The fourth-order valence-electron chi connectivity index (χ4n) is 1.66. The average Bonchev–Trinajstić information content (AvgIpc) is 2.73. The molecule has 1 rings (SSSR count). The monoisotopic (exact) mass is 290 g/mol. The molecule has 0 bridgehead atoms. The van der Waals surface area contributed by atoms with Crippen LogP contribution in [0.15, 0.2) is 12.2 Å². The third-order valence-electron chi connectivity index (χ3n) is 2.85. The first-order valence-corrected chi connectivity index (χ1v) is 7.85. The van der Waals surface area contributed by atoms with Crippen molar-refractivity contribution < 1.29 is 23.1 Å². The summed E-state index contributed by atoms with van der Waals surface area (Å²) in [5.74, 6) is -1.60. The molecule has 0 aliphatic heterocycles. The smallest absolute Gasteiger partial charge is 0.317 e. The Balaban J connectivity index is 2.40. The standard InChI is InChI=1S/C11H18N2O5S/c1-13(5-6-19(2,17)18)11(16)12-9-4-3-8(7-9)10(14)15/h3-4,8-9H,5-7H2,1-2H3,(H,12,16)(H,14,15). The van der Waals surface area contributed by atoms with Crippen molar-refractivity contribution >= 4 is 21.8 Å². The van der Waals surface area contributed by atoms with Crippen LogP contribution in [0.2, 0.25) is 0 Å². The van der Waals surface area contributed by atoms with Gasteiger partial charge in [-0.2, -0.15) is 0 Å². The van der Waals surface area contributed by atoms with Gasteiger partial charge in [0.25, 0.3) is 0 Å². The predicted octanol–water partition coefficient (Wildman–Crippen LogP) is -0.298. The molecular formula is C11H18N2O5S. The third-order valence-corrected chi connectivity index (χ3v) is 3.78. The summed E-state index contributed by atoms with van der Waals surface area (Å²) in [6.07, 6.45) is 4.61. The van der Waals surface area contributed by atoms with Crippen molar-refractivity contribution in [2.24, 2.45) is 5.92 Å². The van der Waals surface area contributed by atoms with Crippen LogP contribution in [0.3, 0.4) is 0 Å². The van der Waals surface area contributed by atoms with Crippen molar-refractivity contribution in [3.63, 3.8) is 0 Å². The van der Waals surface area contributed by atoms with E-state index in [-0.39, 0.29) is 18.3 Å². The minimum atomic E-state index is -3.11. The Labute approximate surface area is 112 Å². The number of carboxylic acid groups (broad SMARTS) is 1. The van der Waals surface area contributed by atoms with E-state index in [9.17, 15) is 18.0 Å². The highest BCUT2D eigenvalue weighted by atomic mass is 32.2. The van der Waals surface area contributed by atoms with Gasteiger partial charge in [0.15, 0.2) is 0 Å². The highest BCUT2D eigenvalue weighted by Crippen LogP contribution is 2.17. The molecule has 0 saturated carbocycles. The van der Waals surface area contributed by atoms with Crippen molar-refractivity contribution in [2.75, 3.05) is 25.6 Å². The number of sulfone groups is 1. The van der Waals surface area contributed by atoms with Gasteiger partial charge in [0, 0.05) is 19.8 Å². The van der Waals surface area contributed by atoms with E-state index >= 15 is 0 Å². The highest BCUT2D eigenvalue weighted by Gasteiger charge is 2.26. The molecular weight excluding hydrogens is 272 g/mol. The zero-order valence-corrected chi connectivity index (χ0v) is 11.7. The summed E-state index contributed by atoms with van der Waals surface area (Å²) in [4.78, 5) is 23.7. The molecule has 0 radical (unpaired) electrons. The van der Waals surface area contributed by atoms with E-state index in [1.807, 2.05) is 0 Å². The van der Waals surface area contributed by atoms with Crippen molar-refractivity contribution in [3.8, 4) is 0 Å². The fourth-order valence-corrected chi connectivity index (χ4v) is 2.27. The number of nitrogens with one attached hydrogen (secondary N) is 1. The zero-order valence-electron chi connectivity index (χ0n) is 10.9. The Kier molecular flexibility index (Phi) is 4.93. The number of hydrogen-bond acceptors (Lipinski definition) is 4. The van der Waals surface area contributed by atoms with Gasteiger partial charge < -0.3 is 15.3 Å². The molecule has 1 aliphatic rings. The summed E-state index contributed by atoms with van der Waals surface area (Å²) in [6, 6.07) is -0.737. The number of carbonyl (C=O) groups excluding carboxylic acids is 1. The lowest BCUT2D eigenvalue weighted by molar-refractivity contribution is -0.140. The Morgan fingerprint density at radius 1 is 1.42 bits per heavy atom. The number of amides is 2. The topological polar surface area (TPSA) is 104 Å². The van der Waals surface area contributed by atoms with E-state index in [0.717, 1.165) is 6.26 Å². The van der Waals surface area contributed by atoms with Gasteiger partial charge in [-0.1, -0.05) is 12.2 Å². The summed E-state index contributed by atoms with van der Waals surface area (Å²) >= 11 is 0. The lowest BCUT2D eigenvalue weighted by Crippen LogP contribution is -2.43. The van der Waals surface area contributed by atoms with Gasteiger partial charge >= 0.3 is 12.0 Å². The molecule has 0 aromatic heterocycles. The summed E-state index contributed by atoms with van der Waals surface area (Å²) in [6.45, 7) is 0.101. The van der Waals surface area contributed by atoms with Crippen LogP contribution in [0, 0.1) is 5.92 Å². The molecule has 2 amide bonds. The zero-order chi connectivity index (χ0) is 14.6. The number of aliphatic carboxylic acids is 1. The lowest BCUT2D eigenvalue weighted by atomic mass is 10.1. The number of rotatable bonds is 5. The molecule has 7 nitrogen and oxygen atoms in total. The second-order valence-electron chi connectivity index (χ2n) is 4.67. The summed E-state index contributed by atoms with van der Waals surface area (Å²) in [5.41, 5.74) is 0. The quantitative estimate of drug-likeness (QED) is 0.677. The Morgan fingerprint density at radius 3 is 2.53 bits per heavy atom. The Hall–Kier alpha value is -1.57. The first kappa shape index (κ1) is 15.5. The van der Waals surface area contributed by atoms with Crippen molar-refractivity contribution in [2.45, 2.75) is 12.5 Å². The summed E-state index contributed by atoms with van der Waals surface area (Å²) < 4.78 is 22.0. The molecule has 19 heavy (non-hydrogen) atoms. The van der Waals surface area contributed by atoms with Crippen LogP contribution < -0.4 is 5.32 Å². The molecule has 0 aromatic rings. The molecule has 2 atom stereocenters. The second-order valence-corrected chi connectivity index (χ2v) is 6.93. The number of urea groups is 1. The molecule has 1 aliphatic carbocycles. The van der Waals surface area contributed by atoms with Gasteiger partial charge in [0.1, 0.15) is 9.84 Å². The molecule has 0 aromatic carbocycles.